The number of anilines is 1. The monoisotopic (exact) mass is 192 g/mol. The number of hydrogen-bond donors (Lipinski definition) is 1. The van der Waals surface area contributed by atoms with Crippen LogP contribution >= 0.6 is 0 Å². The summed E-state index contributed by atoms with van der Waals surface area (Å²) in [5.41, 5.74) is 1.88. The number of rotatable bonds is 4. The van der Waals surface area contributed by atoms with Crippen molar-refractivity contribution in [2.75, 3.05) is 11.9 Å². The molecule has 0 heterocycles. The van der Waals surface area contributed by atoms with Crippen LogP contribution < -0.4 is 5.32 Å². The van der Waals surface area contributed by atoms with Crippen molar-refractivity contribution >= 4 is 11.4 Å². The highest BCUT2D eigenvalue weighted by molar-refractivity contribution is 5.55. The van der Waals surface area contributed by atoms with Crippen LogP contribution in [0.5, 0.6) is 0 Å². The summed E-state index contributed by atoms with van der Waals surface area (Å²) in [4.78, 5) is 10.0. The van der Waals surface area contributed by atoms with E-state index >= 15 is 0 Å². The second-order valence-electron chi connectivity index (χ2n) is 2.93. The van der Waals surface area contributed by atoms with Crippen LogP contribution in [0.2, 0.25) is 0 Å². The third-order valence-electron chi connectivity index (χ3n) is 1.86. The van der Waals surface area contributed by atoms with E-state index in [0.29, 0.717) is 6.54 Å². The van der Waals surface area contributed by atoms with Crippen LogP contribution in [0.1, 0.15) is 5.56 Å². The molecular formula is C10H12N2O2. The van der Waals surface area contributed by atoms with Crippen LogP contribution in [-0.2, 0) is 0 Å². The van der Waals surface area contributed by atoms with Gasteiger partial charge in [-0.15, -0.1) is 6.58 Å². The first-order valence-electron chi connectivity index (χ1n) is 4.25. The molecule has 1 aromatic carbocycles. The number of nitrogens with one attached hydrogen (secondary N) is 1. The van der Waals surface area contributed by atoms with Crippen LogP contribution in [0.25, 0.3) is 0 Å². The molecule has 1 rings (SSSR count). The molecule has 14 heavy (non-hydrogen) atoms. The summed E-state index contributed by atoms with van der Waals surface area (Å²) < 4.78 is 0. The van der Waals surface area contributed by atoms with E-state index in [2.05, 4.69) is 11.9 Å². The Bertz CT molecular complexity index is 361. The first kappa shape index (κ1) is 10.2. The molecule has 0 unspecified atom stereocenters. The zero-order valence-corrected chi connectivity index (χ0v) is 7.99. The van der Waals surface area contributed by atoms with E-state index in [1.807, 2.05) is 6.92 Å². The second kappa shape index (κ2) is 4.41. The maximum atomic E-state index is 10.4. The molecule has 0 amide bonds. The molecule has 0 aliphatic carbocycles. The van der Waals surface area contributed by atoms with Crippen LogP contribution in [0.15, 0.2) is 30.9 Å². The molecule has 0 atom stereocenters. The van der Waals surface area contributed by atoms with Gasteiger partial charge in [0.2, 0.25) is 0 Å². The predicted octanol–water partition coefficient (Wildman–Crippen LogP) is 2.50. The number of nitro benzene ring substituents is 1. The zero-order valence-electron chi connectivity index (χ0n) is 7.99. The summed E-state index contributed by atoms with van der Waals surface area (Å²) in [5, 5.41) is 13.5. The molecule has 0 aliphatic heterocycles. The Hall–Kier alpha value is -1.84. The molecule has 4 heteroatoms. The van der Waals surface area contributed by atoms with Gasteiger partial charge < -0.3 is 5.32 Å². The predicted molar refractivity (Wildman–Crippen MR) is 56.5 cm³/mol. The summed E-state index contributed by atoms with van der Waals surface area (Å²) in [5.74, 6) is 0. The maximum absolute atomic E-state index is 10.4. The van der Waals surface area contributed by atoms with Gasteiger partial charge in [-0.3, -0.25) is 10.1 Å². The maximum Gasteiger partial charge on any atom is 0.269 e. The normalized spacial score (nSPS) is 9.50. The summed E-state index contributed by atoms with van der Waals surface area (Å²) in [6.07, 6.45) is 1.74. The topological polar surface area (TPSA) is 55.2 Å². The molecule has 1 aromatic rings. The average molecular weight is 192 g/mol. The molecule has 0 aliphatic rings. The van der Waals surface area contributed by atoms with Crippen molar-refractivity contribution < 1.29 is 4.92 Å². The van der Waals surface area contributed by atoms with Crippen LogP contribution in [0, 0.1) is 17.0 Å². The standard InChI is InChI=1S/C10H12N2O2/c1-3-6-11-10-5-4-9(12(13)14)7-8(10)2/h3-5,7,11H,1,6H2,2H3. The largest absolute Gasteiger partial charge is 0.381 e. The minimum absolute atomic E-state index is 0.117. The van der Waals surface area contributed by atoms with Gasteiger partial charge in [-0.25, -0.2) is 0 Å². The van der Waals surface area contributed by atoms with Crippen molar-refractivity contribution in [2.45, 2.75) is 6.92 Å². The Morgan fingerprint density at radius 3 is 2.86 bits per heavy atom. The molecule has 0 saturated carbocycles. The molecular weight excluding hydrogens is 180 g/mol. The quantitative estimate of drug-likeness (QED) is 0.453. The molecule has 0 bridgehead atoms. The van der Waals surface area contributed by atoms with Crippen LogP contribution in [0.3, 0.4) is 0 Å². The minimum Gasteiger partial charge on any atom is -0.381 e. The van der Waals surface area contributed by atoms with Gasteiger partial charge in [0, 0.05) is 24.4 Å². The Morgan fingerprint density at radius 2 is 2.36 bits per heavy atom. The Balaban J connectivity index is 2.89. The van der Waals surface area contributed by atoms with Crippen molar-refractivity contribution in [3.8, 4) is 0 Å². The van der Waals surface area contributed by atoms with E-state index in [1.165, 1.54) is 6.07 Å². The molecule has 1 N–H and O–H groups in total. The van der Waals surface area contributed by atoms with Gasteiger partial charge >= 0.3 is 0 Å². The number of hydrogen-bond acceptors (Lipinski definition) is 3. The smallest absolute Gasteiger partial charge is 0.269 e. The van der Waals surface area contributed by atoms with Crippen LogP contribution in [-0.4, -0.2) is 11.5 Å². The number of non-ortho nitro benzene ring substituents is 1. The Labute approximate surface area is 82.4 Å². The fourth-order valence-corrected chi connectivity index (χ4v) is 1.14. The van der Waals surface area contributed by atoms with Gasteiger partial charge in [0.15, 0.2) is 0 Å². The van der Waals surface area contributed by atoms with Crippen molar-refractivity contribution in [2.24, 2.45) is 0 Å². The molecule has 0 fully saturated rings. The summed E-state index contributed by atoms with van der Waals surface area (Å²) in [7, 11) is 0. The highest BCUT2D eigenvalue weighted by atomic mass is 16.6. The number of benzene rings is 1. The SMILES string of the molecule is C=CCNc1ccc([N+](=O)[O-])cc1C. The highest BCUT2D eigenvalue weighted by Gasteiger charge is 2.06. The van der Waals surface area contributed by atoms with Gasteiger partial charge in [-0.05, 0) is 18.6 Å². The van der Waals surface area contributed by atoms with E-state index in [-0.39, 0.29) is 5.69 Å². The van der Waals surface area contributed by atoms with E-state index in [0.717, 1.165) is 11.3 Å². The second-order valence-corrected chi connectivity index (χ2v) is 2.93. The first-order chi connectivity index (χ1) is 6.65. The van der Waals surface area contributed by atoms with Crippen molar-refractivity contribution in [1.29, 1.82) is 0 Å². The van der Waals surface area contributed by atoms with E-state index in [9.17, 15) is 10.1 Å². The summed E-state index contributed by atoms with van der Waals surface area (Å²) in [6, 6.07) is 4.74. The van der Waals surface area contributed by atoms with E-state index in [1.54, 1.807) is 18.2 Å². The van der Waals surface area contributed by atoms with Crippen molar-refractivity contribution in [3.05, 3.63) is 46.5 Å². The molecule has 74 valence electrons. The van der Waals surface area contributed by atoms with Crippen LogP contribution in [0.4, 0.5) is 11.4 Å². The molecule has 0 aromatic heterocycles. The Morgan fingerprint density at radius 1 is 1.64 bits per heavy atom. The highest BCUT2D eigenvalue weighted by Crippen LogP contribution is 2.20. The Kier molecular flexibility index (Phi) is 3.23. The van der Waals surface area contributed by atoms with Crippen molar-refractivity contribution in [1.82, 2.24) is 0 Å². The summed E-state index contributed by atoms with van der Waals surface area (Å²) in [6.45, 7) is 6.06. The molecule has 0 radical (unpaired) electrons. The lowest BCUT2D eigenvalue weighted by molar-refractivity contribution is -0.384. The number of aryl methyl sites for hydroxylation is 1. The number of nitro groups is 1. The van der Waals surface area contributed by atoms with Gasteiger partial charge in [-0.2, -0.15) is 0 Å². The molecule has 4 nitrogen and oxygen atoms in total. The molecule has 0 spiro atoms. The fraction of sp³-hybridized carbons (Fsp3) is 0.200. The van der Waals surface area contributed by atoms with Gasteiger partial charge in [0.1, 0.15) is 0 Å². The van der Waals surface area contributed by atoms with Crippen molar-refractivity contribution in [3.63, 3.8) is 0 Å². The lowest BCUT2D eigenvalue weighted by atomic mass is 10.2. The third kappa shape index (κ3) is 2.32. The van der Waals surface area contributed by atoms with Gasteiger partial charge in [0.05, 0.1) is 4.92 Å². The zero-order chi connectivity index (χ0) is 10.6. The minimum atomic E-state index is -0.399. The average Bonchev–Trinajstić information content (AvgIpc) is 2.15. The third-order valence-corrected chi connectivity index (χ3v) is 1.86. The fourth-order valence-electron chi connectivity index (χ4n) is 1.14. The number of nitrogens with zero attached hydrogens (tertiary/aromatic N) is 1. The van der Waals surface area contributed by atoms with E-state index < -0.39 is 4.92 Å². The van der Waals surface area contributed by atoms with E-state index in [4.69, 9.17) is 0 Å². The van der Waals surface area contributed by atoms with Gasteiger partial charge in [0.25, 0.3) is 5.69 Å². The van der Waals surface area contributed by atoms with Gasteiger partial charge in [-0.1, -0.05) is 6.08 Å². The molecule has 0 saturated heterocycles. The lowest BCUT2D eigenvalue weighted by Crippen LogP contribution is -2.00. The lowest BCUT2D eigenvalue weighted by Gasteiger charge is -2.06. The summed E-state index contributed by atoms with van der Waals surface area (Å²) >= 11 is 0. The first-order valence-corrected chi connectivity index (χ1v) is 4.25.